The predicted molar refractivity (Wildman–Crippen MR) is 82.0 cm³/mol. The second-order valence-corrected chi connectivity index (χ2v) is 6.06. The van der Waals surface area contributed by atoms with E-state index in [1.165, 1.54) is 19.2 Å². The fourth-order valence-corrected chi connectivity index (χ4v) is 3.05. The van der Waals surface area contributed by atoms with Crippen molar-refractivity contribution in [1.82, 2.24) is 0 Å². The molecule has 7 atom stereocenters. The van der Waals surface area contributed by atoms with Crippen LogP contribution in [0.15, 0.2) is 18.2 Å². The predicted octanol–water partition coefficient (Wildman–Crippen LogP) is -1.34. The van der Waals surface area contributed by atoms with Gasteiger partial charge < -0.3 is 44.5 Å². The Morgan fingerprint density at radius 1 is 1.16 bits per heavy atom. The van der Waals surface area contributed by atoms with Crippen molar-refractivity contribution in [2.24, 2.45) is 0 Å². The van der Waals surface area contributed by atoms with Crippen molar-refractivity contribution in [3.8, 4) is 11.5 Å². The van der Waals surface area contributed by atoms with Gasteiger partial charge in [0.25, 0.3) is 0 Å². The Bertz CT molecular complexity index is 595. The van der Waals surface area contributed by atoms with E-state index in [2.05, 4.69) is 0 Å². The molecule has 0 radical (unpaired) electrons. The molecule has 140 valence electrons. The molecule has 2 heterocycles. The van der Waals surface area contributed by atoms with Gasteiger partial charge in [0.05, 0.1) is 20.3 Å². The van der Waals surface area contributed by atoms with Gasteiger partial charge in [0.15, 0.2) is 17.8 Å². The summed E-state index contributed by atoms with van der Waals surface area (Å²) in [4.78, 5) is 0. The van der Waals surface area contributed by atoms with E-state index in [9.17, 15) is 25.5 Å². The third kappa shape index (κ3) is 3.44. The summed E-state index contributed by atoms with van der Waals surface area (Å²) >= 11 is 0. The van der Waals surface area contributed by atoms with Crippen LogP contribution in [0.4, 0.5) is 0 Å². The molecule has 2 aliphatic rings. The highest BCUT2D eigenvalue weighted by Crippen LogP contribution is 2.37. The minimum absolute atomic E-state index is 0.0641. The minimum Gasteiger partial charge on any atom is -0.504 e. The summed E-state index contributed by atoms with van der Waals surface area (Å²) in [6.07, 6.45) is -7.85. The number of phenols is 1. The number of rotatable bonds is 3. The lowest BCUT2D eigenvalue weighted by atomic mass is 9.98. The monoisotopic (exact) mass is 358 g/mol. The topological polar surface area (TPSA) is 138 Å². The number of hydrogen-bond acceptors (Lipinski definition) is 9. The fourth-order valence-electron chi connectivity index (χ4n) is 3.05. The first kappa shape index (κ1) is 18.3. The number of ether oxygens (including phenoxy) is 4. The molecule has 1 aromatic rings. The van der Waals surface area contributed by atoms with Gasteiger partial charge in [0.2, 0.25) is 0 Å². The molecule has 2 fully saturated rings. The smallest absolute Gasteiger partial charge is 0.187 e. The minimum atomic E-state index is -1.37. The largest absolute Gasteiger partial charge is 0.504 e. The standard InChI is InChI=1S/C16H22O9/c1-22-10-4-7(2-3-8(10)18)14-9(19)6-23-16-15(25-14)13(21)12(20)11(5-17)24-16/h2-4,9,11-21H,5-6H2,1H3/t9-,11-,12-,13+,14+,15-,16-/m1/s1. The first-order valence-electron chi connectivity index (χ1n) is 7.90. The van der Waals surface area contributed by atoms with Gasteiger partial charge >= 0.3 is 0 Å². The Morgan fingerprint density at radius 2 is 1.92 bits per heavy atom. The number of hydrogen-bond donors (Lipinski definition) is 5. The molecule has 25 heavy (non-hydrogen) atoms. The zero-order valence-corrected chi connectivity index (χ0v) is 13.6. The van der Waals surface area contributed by atoms with Gasteiger partial charge in [0.1, 0.15) is 36.6 Å². The van der Waals surface area contributed by atoms with Crippen molar-refractivity contribution in [2.75, 3.05) is 20.3 Å². The van der Waals surface area contributed by atoms with Crippen molar-refractivity contribution < 1.29 is 44.5 Å². The molecule has 5 N–H and O–H groups in total. The molecule has 0 unspecified atom stereocenters. The lowest BCUT2D eigenvalue weighted by Crippen LogP contribution is -2.59. The normalized spacial score (nSPS) is 38.7. The van der Waals surface area contributed by atoms with Crippen LogP contribution in [0.2, 0.25) is 0 Å². The first-order valence-corrected chi connectivity index (χ1v) is 7.90. The number of phenolic OH excluding ortho intramolecular Hbond substituents is 1. The molecular formula is C16H22O9. The zero-order chi connectivity index (χ0) is 18.1. The highest BCUT2D eigenvalue weighted by molar-refractivity contribution is 5.42. The second-order valence-electron chi connectivity index (χ2n) is 6.06. The van der Waals surface area contributed by atoms with E-state index in [1.807, 2.05) is 0 Å². The lowest BCUT2D eigenvalue weighted by molar-refractivity contribution is -0.304. The molecule has 0 aliphatic carbocycles. The summed E-state index contributed by atoms with van der Waals surface area (Å²) in [5.41, 5.74) is 0.498. The van der Waals surface area contributed by atoms with Gasteiger partial charge in [-0.05, 0) is 17.7 Å². The number of aliphatic hydroxyl groups is 4. The highest BCUT2D eigenvalue weighted by atomic mass is 16.7. The van der Waals surface area contributed by atoms with Crippen molar-refractivity contribution in [3.63, 3.8) is 0 Å². The number of benzene rings is 1. The van der Waals surface area contributed by atoms with Crippen LogP contribution in [-0.4, -0.2) is 82.7 Å². The molecule has 0 bridgehead atoms. The maximum absolute atomic E-state index is 10.4. The van der Waals surface area contributed by atoms with Crippen LogP contribution < -0.4 is 4.74 Å². The SMILES string of the molecule is COc1cc([C@@H]2O[C@H]3[C@H](OC[C@H]2O)O[C@H](CO)[C@@H](O)[C@@H]3O)ccc1O. The molecule has 0 amide bonds. The number of methoxy groups -OCH3 is 1. The molecule has 9 heteroatoms. The molecule has 0 spiro atoms. The van der Waals surface area contributed by atoms with Gasteiger partial charge in [-0.25, -0.2) is 0 Å². The van der Waals surface area contributed by atoms with E-state index >= 15 is 0 Å². The van der Waals surface area contributed by atoms with Gasteiger partial charge in [-0.15, -0.1) is 0 Å². The molecule has 2 saturated heterocycles. The van der Waals surface area contributed by atoms with E-state index in [1.54, 1.807) is 6.07 Å². The van der Waals surface area contributed by atoms with E-state index in [0.29, 0.717) is 5.56 Å². The van der Waals surface area contributed by atoms with E-state index in [-0.39, 0.29) is 18.1 Å². The van der Waals surface area contributed by atoms with Crippen LogP contribution in [0.1, 0.15) is 11.7 Å². The summed E-state index contributed by atoms with van der Waals surface area (Å²) in [6, 6.07) is 4.46. The number of aromatic hydroxyl groups is 1. The van der Waals surface area contributed by atoms with Gasteiger partial charge in [-0.1, -0.05) is 6.07 Å². The summed E-state index contributed by atoms with van der Waals surface area (Å²) in [7, 11) is 1.40. The van der Waals surface area contributed by atoms with Crippen LogP contribution >= 0.6 is 0 Å². The van der Waals surface area contributed by atoms with Crippen molar-refractivity contribution in [2.45, 2.75) is 42.9 Å². The van der Waals surface area contributed by atoms with Gasteiger partial charge in [-0.3, -0.25) is 0 Å². The lowest BCUT2D eigenvalue weighted by Gasteiger charge is -2.41. The summed E-state index contributed by atoms with van der Waals surface area (Å²) < 4.78 is 21.7. The molecule has 0 saturated carbocycles. The zero-order valence-electron chi connectivity index (χ0n) is 13.6. The number of fused-ring (bicyclic) bond motifs is 1. The van der Waals surface area contributed by atoms with E-state index < -0.39 is 49.5 Å². The van der Waals surface area contributed by atoms with Crippen molar-refractivity contribution >= 4 is 0 Å². The third-order valence-electron chi connectivity index (χ3n) is 4.44. The first-order chi connectivity index (χ1) is 12.0. The van der Waals surface area contributed by atoms with E-state index in [4.69, 9.17) is 18.9 Å². The molecule has 1 aromatic carbocycles. The molecular weight excluding hydrogens is 336 g/mol. The Balaban J connectivity index is 1.87. The molecule has 0 aromatic heterocycles. The average Bonchev–Trinajstić information content (AvgIpc) is 2.78. The summed E-state index contributed by atoms with van der Waals surface area (Å²) in [5.74, 6) is 0.140. The van der Waals surface area contributed by atoms with E-state index in [0.717, 1.165) is 0 Å². The molecule has 9 nitrogen and oxygen atoms in total. The van der Waals surface area contributed by atoms with Crippen LogP contribution in [0.5, 0.6) is 11.5 Å². The van der Waals surface area contributed by atoms with Crippen LogP contribution in [0.25, 0.3) is 0 Å². The maximum atomic E-state index is 10.4. The van der Waals surface area contributed by atoms with Crippen LogP contribution in [0, 0.1) is 0 Å². The quantitative estimate of drug-likeness (QED) is 0.444. The van der Waals surface area contributed by atoms with Gasteiger partial charge in [0, 0.05) is 0 Å². The van der Waals surface area contributed by atoms with Crippen LogP contribution in [-0.2, 0) is 14.2 Å². The average molecular weight is 358 g/mol. The Labute approximate surface area is 143 Å². The molecule has 2 aliphatic heterocycles. The van der Waals surface area contributed by atoms with Crippen LogP contribution in [0.3, 0.4) is 0 Å². The molecule has 3 rings (SSSR count). The number of aliphatic hydroxyl groups excluding tert-OH is 4. The second kappa shape index (κ2) is 7.42. The van der Waals surface area contributed by atoms with Crippen molar-refractivity contribution in [3.05, 3.63) is 23.8 Å². The highest BCUT2D eigenvalue weighted by Gasteiger charge is 2.49. The van der Waals surface area contributed by atoms with Crippen molar-refractivity contribution in [1.29, 1.82) is 0 Å². The maximum Gasteiger partial charge on any atom is 0.187 e. The van der Waals surface area contributed by atoms with Gasteiger partial charge in [-0.2, -0.15) is 0 Å². The third-order valence-corrected chi connectivity index (χ3v) is 4.44. The fraction of sp³-hybridized carbons (Fsp3) is 0.625. The summed E-state index contributed by atoms with van der Waals surface area (Å²) in [6.45, 7) is -0.637. The Kier molecular flexibility index (Phi) is 5.44. The summed E-state index contributed by atoms with van der Waals surface area (Å²) in [5, 5.41) is 49.6. The Hall–Kier alpha value is -1.46. The Morgan fingerprint density at radius 3 is 2.60 bits per heavy atom.